The molecular weight excluding hydrogens is 326 g/mol. The number of fused-ring (bicyclic) bond motifs is 1. The lowest BCUT2D eigenvalue weighted by atomic mass is 10.0. The maximum atomic E-state index is 11.4. The highest BCUT2D eigenvalue weighted by Gasteiger charge is 2.16. The fourth-order valence-electron chi connectivity index (χ4n) is 2.08. The molecule has 2 heterocycles. The highest BCUT2D eigenvalue weighted by Crippen LogP contribution is 2.34. The first kappa shape index (κ1) is 14.4. The Balaban J connectivity index is 2.22. The molecule has 0 spiro atoms. The lowest BCUT2D eigenvalue weighted by Gasteiger charge is -2.05. The number of thiazole rings is 1. The lowest BCUT2D eigenvalue weighted by Crippen LogP contribution is -1.95. The van der Waals surface area contributed by atoms with Crippen molar-refractivity contribution in [3.8, 4) is 10.6 Å². The van der Waals surface area contributed by atoms with Crippen LogP contribution in [0.25, 0.3) is 20.9 Å². The summed E-state index contributed by atoms with van der Waals surface area (Å²) in [6.45, 7) is 1.87. The van der Waals surface area contributed by atoms with Crippen molar-refractivity contribution in [1.82, 2.24) is 15.0 Å². The summed E-state index contributed by atoms with van der Waals surface area (Å²) in [6.07, 6.45) is 3.50. The molecule has 7 heteroatoms. The van der Waals surface area contributed by atoms with Crippen LogP contribution in [0.1, 0.15) is 15.9 Å². The molecule has 0 N–H and O–H groups in total. The van der Waals surface area contributed by atoms with Gasteiger partial charge in [-0.15, -0.1) is 11.8 Å². The van der Waals surface area contributed by atoms with Gasteiger partial charge in [0, 0.05) is 11.1 Å². The average Bonchev–Trinajstić information content (AvgIpc) is 2.90. The molecule has 0 amide bonds. The fourth-order valence-corrected chi connectivity index (χ4v) is 3.83. The second-order valence-electron chi connectivity index (χ2n) is 4.31. The van der Waals surface area contributed by atoms with Crippen LogP contribution in [0.3, 0.4) is 0 Å². The van der Waals surface area contributed by atoms with Crippen LogP contribution < -0.4 is 0 Å². The zero-order valence-electron chi connectivity index (χ0n) is 11.3. The quantitative estimate of drug-likeness (QED) is 0.408. The molecule has 3 aromatic rings. The number of hydrogen-bond acceptors (Lipinski definition) is 6. The van der Waals surface area contributed by atoms with Gasteiger partial charge in [-0.1, -0.05) is 23.5 Å². The predicted octanol–water partition coefficient (Wildman–Crippen LogP) is 4.16. The van der Waals surface area contributed by atoms with E-state index in [1.165, 1.54) is 23.1 Å². The van der Waals surface area contributed by atoms with E-state index in [9.17, 15) is 4.79 Å². The molecule has 0 unspecified atom stereocenters. The maximum absolute atomic E-state index is 11.4. The van der Waals surface area contributed by atoms with Gasteiger partial charge in [-0.2, -0.15) is 0 Å². The molecule has 0 fully saturated rings. The van der Waals surface area contributed by atoms with E-state index in [1.807, 2.05) is 25.3 Å². The largest absolute Gasteiger partial charge is 0.276 e. The van der Waals surface area contributed by atoms with Crippen molar-refractivity contribution in [3.63, 3.8) is 0 Å². The summed E-state index contributed by atoms with van der Waals surface area (Å²) in [5.74, 6) is 0. The Hall–Kier alpha value is -1.50. The zero-order valence-corrected chi connectivity index (χ0v) is 13.6. The van der Waals surface area contributed by atoms with Crippen molar-refractivity contribution in [1.29, 1.82) is 0 Å². The first-order chi connectivity index (χ1) is 10.1. The summed E-state index contributed by atoms with van der Waals surface area (Å²) in [5, 5.41) is 1.21. The van der Waals surface area contributed by atoms with Crippen LogP contribution in [0.4, 0.5) is 0 Å². The second-order valence-corrected chi connectivity index (χ2v) is 6.42. The number of carbonyl (C=O) groups is 1. The van der Waals surface area contributed by atoms with Gasteiger partial charge in [-0.3, -0.25) is 4.79 Å². The van der Waals surface area contributed by atoms with Crippen LogP contribution in [0, 0.1) is 6.92 Å². The number of benzene rings is 1. The monoisotopic (exact) mass is 335 g/mol. The molecule has 1 aromatic carbocycles. The first-order valence-corrected chi connectivity index (χ1v) is 8.49. The van der Waals surface area contributed by atoms with Gasteiger partial charge in [-0.25, -0.2) is 15.0 Å². The Bertz CT molecular complexity index is 847. The predicted molar refractivity (Wildman–Crippen MR) is 87.3 cm³/mol. The van der Waals surface area contributed by atoms with E-state index in [4.69, 9.17) is 11.6 Å². The summed E-state index contributed by atoms with van der Waals surface area (Å²) in [5.41, 5.74) is 3.03. The van der Waals surface area contributed by atoms with Gasteiger partial charge in [-0.05, 0) is 36.4 Å². The van der Waals surface area contributed by atoms with Crippen molar-refractivity contribution in [3.05, 3.63) is 35.7 Å². The van der Waals surface area contributed by atoms with E-state index in [0.717, 1.165) is 31.5 Å². The van der Waals surface area contributed by atoms with Gasteiger partial charge in [0.15, 0.2) is 0 Å². The van der Waals surface area contributed by atoms with Crippen molar-refractivity contribution in [2.75, 3.05) is 6.26 Å². The SMILES string of the molecule is CSc1ncnc2sc(-c3cccc(C(=O)Cl)c3C)nc12. The Morgan fingerprint density at radius 1 is 1.33 bits per heavy atom. The molecule has 2 aromatic heterocycles. The van der Waals surface area contributed by atoms with E-state index >= 15 is 0 Å². The number of carbonyl (C=O) groups excluding carboxylic acids is 1. The minimum absolute atomic E-state index is 0.458. The smallest absolute Gasteiger partial charge is 0.252 e. The van der Waals surface area contributed by atoms with Gasteiger partial charge < -0.3 is 0 Å². The molecule has 4 nitrogen and oxygen atoms in total. The van der Waals surface area contributed by atoms with E-state index in [0.29, 0.717) is 5.56 Å². The third-order valence-electron chi connectivity index (χ3n) is 3.13. The molecule has 0 aliphatic rings. The molecule has 0 saturated heterocycles. The van der Waals surface area contributed by atoms with E-state index in [1.54, 1.807) is 12.4 Å². The van der Waals surface area contributed by atoms with Crippen molar-refractivity contribution in [2.45, 2.75) is 11.9 Å². The average molecular weight is 336 g/mol. The highest BCUT2D eigenvalue weighted by molar-refractivity contribution is 7.98. The minimum Gasteiger partial charge on any atom is -0.276 e. The van der Waals surface area contributed by atoms with Gasteiger partial charge in [0.1, 0.15) is 26.7 Å². The van der Waals surface area contributed by atoms with Crippen LogP contribution in [-0.4, -0.2) is 26.5 Å². The number of nitrogens with zero attached hydrogens (tertiary/aromatic N) is 3. The topological polar surface area (TPSA) is 55.7 Å². The summed E-state index contributed by atoms with van der Waals surface area (Å²) < 4.78 is 0. The first-order valence-electron chi connectivity index (χ1n) is 6.07. The Labute approximate surface area is 134 Å². The summed E-state index contributed by atoms with van der Waals surface area (Å²) in [4.78, 5) is 25.4. The molecule has 21 heavy (non-hydrogen) atoms. The number of halogens is 1. The van der Waals surface area contributed by atoms with Gasteiger partial charge in [0.2, 0.25) is 0 Å². The van der Waals surface area contributed by atoms with E-state index < -0.39 is 5.24 Å². The third-order valence-corrected chi connectivity index (χ3v) is 5.02. The Morgan fingerprint density at radius 2 is 2.14 bits per heavy atom. The van der Waals surface area contributed by atoms with Crippen molar-refractivity contribution >= 4 is 50.3 Å². The van der Waals surface area contributed by atoms with Gasteiger partial charge in [0.05, 0.1) is 0 Å². The summed E-state index contributed by atoms with van der Waals surface area (Å²) >= 11 is 8.63. The molecule has 106 valence electrons. The molecule has 0 aliphatic carbocycles. The van der Waals surface area contributed by atoms with E-state index in [-0.39, 0.29) is 0 Å². The Kier molecular flexibility index (Phi) is 3.93. The highest BCUT2D eigenvalue weighted by atomic mass is 35.5. The fraction of sp³-hybridized carbons (Fsp3) is 0.143. The second kappa shape index (κ2) is 5.71. The van der Waals surface area contributed by atoms with Gasteiger partial charge in [0.25, 0.3) is 5.24 Å². The van der Waals surface area contributed by atoms with Crippen LogP contribution in [0.5, 0.6) is 0 Å². The normalized spacial score (nSPS) is 11.0. The number of aromatic nitrogens is 3. The molecule has 0 atom stereocenters. The number of hydrogen-bond donors (Lipinski definition) is 0. The van der Waals surface area contributed by atoms with Crippen LogP contribution in [0.2, 0.25) is 0 Å². The van der Waals surface area contributed by atoms with E-state index in [2.05, 4.69) is 15.0 Å². The van der Waals surface area contributed by atoms with Gasteiger partial charge >= 0.3 is 0 Å². The number of rotatable bonds is 3. The molecule has 0 radical (unpaired) electrons. The molecule has 0 bridgehead atoms. The van der Waals surface area contributed by atoms with Crippen LogP contribution >= 0.6 is 34.7 Å². The standard InChI is InChI=1S/C14H10ClN3OS2/c1-7-8(11(15)19)4-3-5-9(7)12-18-10-13(20-2)16-6-17-14(10)21-12/h3-6H,1-2H3. The van der Waals surface area contributed by atoms with Crippen molar-refractivity contribution in [2.24, 2.45) is 0 Å². The zero-order chi connectivity index (χ0) is 15.0. The molecule has 0 saturated carbocycles. The summed E-state index contributed by atoms with van der Waals surface area (Å²) in [7, 11) is 0. The minimum atomic E-state index is -0.458. The lowest BCUT2D eigenvalue weighted by molar-refractivity contribution is 0.108. The summed E-state index contributed by atoms with van der Waals surface area (Å²) in [6, 6.07) is 5.46. The molecule has 3 rings (SSSR count). The van der Waals surface area contributed by atoms with Crippen LogP contribution in [-0.2, 0) is 0 Å². The molecular formula is C14H10ClN3OS2. The Morgan fingerprint density at radius 3 is 2.86 bits per heavy atom. The molecule has 0 aliphatic heterocycles. The van der Waals surface area contributed by atoms with Crippen molar-refractivity contribution < 1.29 is 4.79 Å². The van der Waals surface area contributed by atoms with Crippen LogP contribution in [0.15, 0.2) is 29.6 Å². The maximum Gasteiger partial charge on any atom is 0.252 e. The third kappa shape index (κ3) is 2.54. The number of thioether (sulfide) groups is 1.